The standard InChI is InChI=1S/C21H19NO5S/c1-12-7-15(22-19(24)10-20(25)26)8-13(2)21(12)27-16-3-4-18(23)17(9-16)14-5-6-28-11-14/h3-9,11,23H,10H2,1-2H3,(H,22,24)(H,25,26). The molecular weight excluding hydrogens is 378 g/mol. The minimum Gasteiger partial charge on any atom is -0.507 e. The minimum absolute atomic E-state index is 0.177. The third-order valence-corrected chi connectivity index (χ3v) is 4.76. The van der Waals surface area contributed by atoms with Gasteiger partial charge in [0.15, 0.2) is 0 Å². The van der Waals surface area contributed by atoms with E-state index in [-0.39, 0.29) is 5.75 Å². The smallest absolute Gasteiger partial charge is 0.312 e. The van der Waals surface area contributed by atoms with Crippen molar-refractivity contribution >= 4 is 28.9 Å². The van der Waals surface area contributed by atoms with Crippen molar-refractivity contribution in [2.75, 3.05) is 5.32 Å². The van der Waals surface area contributed by atoms with E-state index >= 15 is 0 Å². The molecule has 144 valence electrons. The van der Waals surface area contributed by atoms with E-state index in [1.54, 1.807) is 41.7 Å². The highest BCUT2D eigenvalue weighted by molar-refractivity contribution is 7.08. The number of hydrogen-bond donors (Lipinski definition) is 3. The Hall–Kier alpha value is -3.32. The van der Waals surface area contributed by atoms with Crippen molar-refractivity contribution in [1.29, 1.82) is 0 Å². The maximum Gasteiger partial charge on any atom is 0.312 e. The van der Waals surface area contributed by atoms with Gasteiger partial charge in [-0.05, 0) is 77.7 Å². The highest BCUT2D eigenvalue weighted by Gasteiger charge is 2.13. The van der Waals surface area contributed by atoms with E-state index in [4.69, 9.17) is 9.84 Å². The van der Waals surface area contributed by atoms with Gasteiger partial charge in [0.2, 0.25) is 5.91 Å². The highest BCUT2D eigenvalue weighted by Crippen LogP contribution is 2.37. The molecule has 0 unspecified atom stereocenters. The zero-order valence-corrected chi connectivity index (χ0v) is 16.2. The van der Waals surface area contributed by atoms with Gasteiger partial charge in [-0.1, -0.05) is 0 Å². The molecule has 1 amide bonds. The van der Waals surface area contributed by atoms with E-state index in [9.17, 15) is 14.7 Å². The molecule has 0 radical (unpaired) electrons. The number of anilines is 1. The Morgan fingerprint density at radius 1 is 1.11 bits per heavy atom. The zero-order chi connectivity index (χ0) is 20.3. The fourth-order valence-electron chi connectivity index (χ4n) is 2.87. The van der Waals surface area contributed by atoms with E-state index in [0.29, 0.717) is 22.7 Å². The van der Waals surface area contributed by atoms with Gasteiger partial charge in [-0.3, -0.25) is 9.59 Å². The van der Waals surface area contributed by atoms with Gasteiger partial charge >= 0.3 is 5.97 Å². The van der Waals surface area contributed by atoms with Crippen LogP contribution in [-0.4, -0.2) is 22.1 Å². The summed E-state index contributed by atoms with van der Waals surface area (Å²) in [7, 11) is 0. The molecule has 0 fully saturated rings. The molecule has 0 saturated carbocycles. The lowest BCUT2D eigenvalue weighted by Gasteiger charge is -2.15. The Balaban J connectivity index is 1.84. The molecular formula is C21H19NO5S. The van der Waals surface area contributed by atoms with Crippen LogP contribution < -0.4 is 10.1 Å². The number of aromatic hydroxyl groups is 1. The Kier molecular flexibility index (Phi) is 5.65. The Bertz CT molecular complexity index is 1000. The first-order valence-corrected chi connectivity index (χ1v) is 9.44. The first-order chi connectivity index (χ1) is 13.3. The minimum atomic E-state index is -1.18. The number of phenolic OH excluding ortho intramolecular Hbond substituents is 1. The molecule has 0 saturated heterocycles. The van der Waals surface area contributed by atoms with E-state index in [1.165, 1.54) is 0 Å². The number of aryl methyl sites for hydroxylation is 2. The summed E-state index contributed by atoms with van der Waals surface area (Å²) in [6.45, 7) is 3.69. The number of rotatable bonds is 6. The first-order valence-electron chi connectivity index (χ1n) is 8.50. The molecule has 0 aliphatic rings. The molecule has 28 heavy (non-hydrogen) atoms. The quantitative estimate of drug-likeness (QED) is 0.512. The third-order valence-electron chi connectivity index (χ3n) is 4.08. The van der Waals surface area contributed by atoms with Crippen molar-refractivity contribution in [3.8, 4) is 28.4 Å². The molecule has 2 aromatic carbocycles. The molecule has 7 heteroatoms. The van der Waals surface area contributed by atoms with Crippen LogP contribution in [0.3, 0.4) is 0 Å². The van der Waals surface area contributed by atoms with Crippen LogP contribution >= 0.6 is 11.3 Å². The summed E-state index contributed by atoms with van der Waals surface area (Å²) in [6, 6.07) is 10.4. The number of hydrogen-bond acceptors (Lipinski definition) is 5. The average molecular weight is 397 g/mol. The van der Waals surface area contributed by atoms with Gasteiger partial charge in [-0.2, -0.15) is 11.3 Å². The van der Waals surface area contributed by atoms with Crippen LogP contribution in [0, 0.1) is 13.8 Å². The van der Waals surface area contributed by atoms with Crippen molar-refractivity contribution in [1.82, 2.24) is 0 Å². The molecule has 3 aromatic rings. The SMILES string of the molecule is Cc1cc(NC(=O)CC(=O)O)cc(C)c1Oc1ccc(O)c(-c2ccsc2)c1. The van der Waals surface area contributed by atoms with Gasteiger partial charge < -0.3 is 20.3 Å². The number of nitrogens with one attached hydrogen (secondary N) is 1. The number of ether oxygens (including phenoxy) is 1. The largest absolute Gasteiger partial charge is 0.507 e. The topological polar surface area (TPSA) is 95.9 Å². The summed E-state index contributed by atoms with van der Waals surface area (Å²) in [4.78, 5) is 22.3. The van der Waals surface area contributed by atoms with Gasteiger partial charge in [-0.25, -0.2) is 0 Å². The molecule has 0 aliphatic heterocycles. The van der Waals surface area contributed by atoms with E-state index in [1.807, 2.05) is 30.7 Å². The summed E-state index contributed by atoms with van der Waals surface area (Å²) in [5.41, 5.74) is 3.69. The number of phenols is 1. The third kappa shape index (κ3) is 4.50. The average Bonchev–Trinajstić information content (AvgIpc) is 3.13. The van der Waals surface area contributed by atoms with Gasteiger partial charge in [0.25, 0.3) is 0 Å². The van der Waals surface area contributed by atoms with Crippen molar-refractivity contribution < 1.29 is 24.5 Å². The van der Waals surface area contributed by atoms with Crippen molar-refractivity contribution in [3.05, 3.63) is 58.3 Å². The van der Waals surface area contributed by atoms with Gasteiger partial charge in [-0.15, -0.1) is 0 Å². The lowest BCUT2D eigenvalue weighted by Crippen LogP contribution is -2.16. The molecule has 0 spiro atoms. The summed E-state index contributed by atoms with van der Waals surface area (Å²) in [5, 5.41) is 25.3. The van der Waals surface area contributed by atoms with Crippen LogP contribution in [0.4, 0.5) is 5.69 Å². The van der Waals surface area contributed by atoms with E-state index < -0.39 is 18.3 Å². The summed E-state index contributed by atoms with van der Waals surface area (Å²) < 4.78 is 6.04. The molecule has 0 aliphatic carbocycles. The van der Waals surface area contributed by atoms with Crippen LogP contribution in [0.2, 0.25) is 0 Å². The molecule has 6 nitrogen and oxygen atoms in total. The van der Waals surface area contributed by atoms with Crippen molar-refractivity contribution in [2.24, 2.45) is 0 Å². The van der Waals surface area contributed by atoms with Crippen LogP contribution in [0.15, 0.2) is 47.2 Å². The van der Waals surface area contributed by atoms with Crippen LogP contribution in [0.5, 0.6) is 17.2 Å². The number of benzene rings is 2. The zero-order valence-electron chi connectivity index (χ0n) is 15.4. The second-order valence-electron chi connectivity index (χ2n) is 6.35. The fraction of sp³-hybridized carbons (Fsp3) is 0.143. The van der Waals surface area contributed by atoms with Crippen LogP contribution in [0.1, 0.15) is 17.5 Å². The Morgan fingerprint density at radius 2 is 1.82 bits per heavy atom. The highest BCUT2D eigenvalue weighted by atomic mass is 32.1. The molecule has 3 rings (SSSR count). The number of carboxylic acid groups (broad SMARTS) is 1. The second-order valence-corrected chi connectivity index (χ2v) is 7.13. The predicted molar refractivity (Wildman–Crippen MR) is 108 cm³/mol. The Labute approximate surface area is 166 Å². The number of carboxylic acids is 1. The summed E-state index contributed by atoms with van der Waals surface area (Å²) in [5.74, 6) is -0.375. The monoisotopic (exact) mass is 397 g/mol. The van der Waals surface area contributed by atoms with Gasteiger partial charge in [0, 0.05) is 11.3 Å². The van der Waals surface area contributed by atoms with E-state index in [0.717, 1.165) is 16.7 Å². The number of thiophene rings is 1. The molecule has 1 aromatic heterocycles. The van der Waals surface area contributed by atoms with Gasteiger partial charge in [0.1, 0.15) is 23.7 Å². The first kappa shape index (κ1) is 19.4. The fourth-order valence-corrected chi connectivity index (χ4v) is 3.53. The normalized spacial score (nSPS) is 10.5. The number of amides is 1. The van der Waals surface area contributed by atoms with E-state index in [2.05, 4.69) is 5.32 Å². The van der Waals surface area contributed by atoms with Crippen LogP contribution in [-0.2, 0) is 9.59 Å². The number of aliphatic carboxylic acids is 1. The molecule has 1 heterocycles. The maximum atomic E-state index is 11.7. The molecule has 0 bridgehead atoms. The van der Waals surface area contributed by atoms with Crippen molar-refractivity contribution in [3.63, 3.8) is 0 Å². The number of carbonyl (C=O) groups excluding carboxylic acids is 1. The number of carbonyl (C=O) groups is 2. The molecule has 3 N–H and O–H groups in total. The maximum absolute atomic E-state index is 11.7. The summed E-state index contributed by atoms with van der Waals surface area (Å²) in [6.07, 6.45) is -0.588. The lowest BCUT2D eigenvalue weighted by atomic mass is 10.1. The Morgan fingerprint density at radius 3 is 2.43 bits per heavy atom. The second kappa shape index (κ2) is 8.14. The van der Waals surface area contributed by atoms with Crippen molar-refractivity contribution in [2.45, 2.75) is 20.3 Å². The lowest BCUT2D eigenvalue weighted by molar-refractivity contribution is -0.139. The van der Waals surface area contributed by atoms with Gasteiger partial charge in [0.05, 0.1) is 0 Å². The summed E-state index contributed by atoms with van der Waals surface area (Å²) >= 11 is 1.54. The van der Waals surface area contributed by atoms with Crippen LogP contribution in [0.25, 0.3) is 11.1 Å². The molecule has 0 atom stereocenters. The predicted octanol–water partition coefficient (Wildman–Crippen LogP) is 4.94.